The predicted octanol–water partition coefficient (Wildman–Crippen LogP) is 2.98. The quantitative estimate of drug-likeness (QED) is 0.714. The molecular weight excluding hydrogens is 420 g/mol. The van der Waals surface area contributed by atoms with Crippen LogP contribution >= 0.6 is 15.9 Å². The van der Waals surface area contributed by atoms with E-state index in [-0.39, 0.29) is 4.90 Å². The van der Waals surface area contributed by atoms with Crippen molar-refractivity contribution in [3.05, 3.63) is 46.9 Å². The second-order valence-corrected chi connectivity index (χ2v) is 8.62. The van der Waals surface area contributed by atoms with E-state index in [0.717, 1.165) is 5.69 Å². The molecule has 0 atom stereocenters. The van der Waals surface area contributed by atoms with Crippen LogP contribution in [0.25, 0.3) is 0 Å². The molecule has 0 saturated carbocycles. The number of hydrogen-bond acceptors (Lipinski definition) is 5. The Bertz CT molecular complexity index is 866. The smallest absolute Gasteiger partial charge is 0.244 e. The number of halogens is 1. The lowest BCUT2D eigenvalue weighted by Crippen LogP contribution is -2.48. The van der Waals surface area contributed by atoms with Crippen LogP contribution in [-0.2, 0) is 10.0 Å². The minimum atomic E-state index is -3.63. The molecule has 0 bridgehead atoms. The fraction of sp³-hybridized carbons (Fsp3) is 0.333. The molecule has 0 N–H and O–H groups in total. The molecule has 26 heavy (non-hydrogen) atoms. The monoisotopic (exact) mass is 440 g/mol. The van der Waals surface area contributed by atoms with Gasteiger partial charge in [0.2, 0.25) is 10.0 Å². The predicted molar refractivity (Wildman–Crippen MR) is 105 cm³/mol. The Hall–Kier alpha value is -1.77. The van der Waals surface area contributed by atoms with Gasteiger partial charge in [0.1, 0.15) is 4.90 Å². The Morgan fingerprint density at radius 2 is 1.50 bits per heavy atom. The zero-order valence-corrected chi connectivity index (χ0v) is 17.1. The van der Waals surface area contributed by atoms with Gasteiger partial charge in [0.25, 0.3) is 0 Å². The van der Waals surface area contributed by atoms with E-state index in [0.29, 0.717) is 42.2 Å². The maximum Gasteiger partial charge on any atom is 0.244 e. The molecule has 0 aliphatic carbocycles. The third-order valence-electron chi connectivity index (χ3n) is 4.42. The molecule has 0 amide bonds. The van der Waals surface area contributed by atoms with Crippen molar-refractivity contribution in [2.24, 2.45) is 0 Å². The van der Waals surface area contributed by atoms with Crippen molar-refractivity contribution in [1.29, 1.82) is 0 Å². The summed E-state index contributed by atoms with van der Waals surface area (Å²) in [7, 11) is -0.630. The van der Waals surface area contributed by atoms with Gasteiger partial charge in [0.05, 0.1) is 14.2 Å². The lowest BCUT2D eigenvalue weighted by atomic mass is 10.2. The Kier molecular flexibility index (Phi) is 5.74. The Labute approximate surface area is 162 Å². The molecule has 0 unspecified atom stereocenters. The average molecular weight is 441 g/mol. The lowest BCUT2D eigenvalue weighted by molar-refractivity contribution is 0.352. The third kappa shape index (κ3) is 3.67. The van der Waals surface area contributed by atoms with Crippen LogP contribution in [0.2, 0.25) is 0 Å². The topological polar surface area (TPSA) is 59.1 Å². The van der Waals surface area contributed by atoms with Crippen molar-refractivity contribution >= 4 is 31.6 Å². The molecule has 3 rings (SSSR count). The van der Waals surface area contributed by atoms with Crippen LogP contribution in [0.3, 0.4) is 0 Å². The van der Waals surface area contributed by atoms with Crippen molar-refractivity contribution < 1.29 is 17.9 Å². The van der Waals surface area contributed by atoms with E-state index in [4.69, 9.17) is 9.47 Å². The highest BCUT2D eigenvalue weighted by molar-refractivity contribution is 9.10. The minimum Gasteiger partial charge on any atom is -0.493 e. The van der Waals surface area contributed by atoms with Gasteiger partial charge >= 0.3 is 0 Å². The van der Waals surface area contributed by atoms with E-state index in [2.05, 4.69) is 20.8 Å². The number of piperazine rings is 1. The van der Waals surface area contributed by atoms with Gasteiger partial charge in [0.15, 0.2) is 11.5 Å². The maximum absolute atomic E-state index is 13.1. The van der Waals surface area contributed by atoms with Gasteiger partial charge in [-0.25, -0.2) is 8.42 Å². The number of sulfonamides is 1. The molecule has 1 heterocycles. The van der Waals surface area contributed by atoms with Gasteiger partial charge in [-0.15, -0.1) is 0 Å². The zero-order chi connectivity index (χ0) is 18.7. The number of nitrogens with zero attached hydrogens (tertiary/aromatic N) is 2. The fourth-order valence-electron chi connectivity index (χ4n) is 3.00. The first kappa shape index (κ1) is 19.0. The normalized spacial score (nSPS) is 15.7. The van der Waals surface area contributed by atoms with Crippen molar-refractivity contribution in [2.45, 2.75) is 4.90 Å². The molecule has 2 aromatic rings. The number of hydrogen-bond donors (Lipinski definition) is 0. The van der Waals surface area contributed by atoms with Gasteiger partial charge in [-0.05, 0) is 34.1 Å². The summed E-state index contributed by atoms with van der Waals surface area (Å²) < 4.78 is 38.6. The Morgan fingerprint density at radius 1 is 0.923 bits per heavy atom. The van der Waals surface area contributed by atoms with Crippen molar-refractivity contribution in [3.8, 4) is 11.5 Å². The highest BCUT2D eigenvalue weighted by atomic mass is 79.9. The Balaban J connectivity index is 1.82. The summed E-state index contributed by atoms with van der Waals surface area (Å²) in [5, 5.41) is 0. The number of methoxy groups -OCH3 is 2. The molecule has 6 nitrogen and oxygen atoms in total. The first-order valence-corrected chi connectivity index (χ1v) is 10.4. The number of para-hydroxylation sites is 1. The molecule has 1 saturated heterocycles. The molecule has 2 aromatic carbocycles. The van der Waals surface area contributed by atoms with Gasteiger partial charge < -0.3 is 14.4 Å². The summed E-state index contributed by atoms with van der Waals surface area (Å²) in [6.45, 7) is 2.15. The molecule has 8 heteroatoms. The molecule has 0 aromatic heterocycles. The summed E-state index contributed by atoms with van der Waals surface area (Å²) in [5.74, 6) is 0.865. The molecule has 0 spiro atoms. The fourth-order valence-corrected chi connectivity index (χ4v) is 5.42. The van der Waals surface area contributed by atoms with Gasteiger partial charge in [-0.1, -0.05) is 18.2 Å². The number of rotatable bonds is 5. The highest BCUT2D eigenvalue weighted by Crippen LogP contribution is 2.37. The van der Waals surface area contributed by atoms with Crippen LogP contribution in [-0.4, -0.2) is 53.1 Å². The van der Waals surface area contributed by atoms with Crippen LogP contribution in [0, 0.1) is 0 Å². The largest absolute Gasteiger partial charge is 0.493 e. The van der Waals surface area contributed by atoms with E-state index in [1.165, 1.54) is 24.6 Å². The zero-order valence-electron chi connectivity index (χ0n) is 14.7. The maximum atomic E-state index is 13.1. The number of anilines is 1. The van der Waals surface area contributed by atoms with E-state index >= 15 is 0 Å². The third-order valence-corrected chi connectivity index (χ3v) is 7.27. The summed E-state index contributed by atoms with van der Waals surface area (Å²) in [4.78, 5) is 2.37. The molecule has 0 radical (unpaired) electrons. The summed E-state index contributed by atoms with van der Waals surface area (Å²) in [6, 6.07) is 13.1. The molecule has 140 valence electrons. The van der Waals surface area contributed by atoms with Crippen molar-refractivity contribution in [1.82, 2.24) is 4.31 Å². The van der Waals surface area contributed by atoms with Crippen molar-refractivity contribution in [2.75, 3.05) is 45.3 Å². The second kappa shape index (κ2) is 7.85. The first-order valence-electron chi connectivity index (χ1n) is 8.19. The van der Waals surface area contributed by atoms with Crippen LogP contribution in [0.15, 0.2) is 51.8 Å². The second-order valence-electron chi connectivity index (χ2n) is 5.86. The van der Waals surface area contributed by atoms with Gasteiger partial charge in [-0.2, -0.15) is 4.31 Å². The van der Waals surface area contributed by atoms with E-state index in [9.17, 15) is 8.42 Å². The number of benzene rings is 2. The van der Waals surface area contributed by atoms with Crippen LogP contribution in [0.1, 0.15) is 0 Å². The van der Waals surface area contributed by atoms with E-state index in [1.807, 2.05) is 30.3 Å². The Morgan fingerprint density at radius 3 is 2.08 bits per heavy atom. The molecule has 1 aliphatic rings. The average Bonchev–Trinajstić information content (AvgIpc) is 2.68. The summed E-state index contributed by atoms with van der Waals surface area (Å²) in [6.07, 6.45) is 0. The highest BCUT2D eigenvalue weighted by Gasteiger charge is 2.31. The van der Waals surface area contributed by atoms with Crippen LogP contribution in [0.4, 0.5) is 5.69 Å². The van der Waals surface area contributed by atoms with Crippen LogP contribution in [0.5, 0.6) is 11.5 Å². The minimum absolute atomic E-state index is 0.184. The van der Waals surface area contributed by atoms with Crippen LogP contribution < -0.4 is 14.4 Å². The summed E-state index contributed by atoms with van der Waals surface area (Å²) >= 11 is 3.35. The first-order chi connectivity index (χ1) is 12.5. The standard InChI is InChI=1S/C18H21BrN2O4S/c1-24-16-12-15(19)18(13-17(16)25-2)26(22,23)21-10-8-20(9-11-21)14-6-4-3-5-7-14/h3-7,12-13H,8-11H2,1-2H3. The van der Waals surface area contributed by atoms with Gasteiger partial charge in [0, 0.05) is 42.4 Å². The van der Waals surface area contributed by atoms with E-state index in [1.54, 1.807) is 6.07 Å². The van der Waals surface area contributed by atoms with Gasteiger partial charge in [-0.3, -0.25) is 0 Å². The van der Waals surface area contributed by atoms with Crippen molar-refractivity contribution in [3.63, 3.8) is 0 Å². The lowest BCUT2D eigenvalue weighted by Gasteiger charge is -2.35. The SMILES string of the molecule is COc1cc(Br)c(S(=O)(=O)N2CCN(c3ccccc3)CC2)cc1OC. The van der Waals surface area contributed by atoms with E-state index < -0.39 is 10.0 Å². The molecule has 1 fully saturated rings. The molecule has 1 aliphatic heterocycles. The molecular formula is C18H21BrN2O4S. The summed E-state index contributed by atoms with van der Waals surface area (Å²) in [5.41, 5.74) is 1.11. The number of ether oxygens (including phenoxy) is 2.